The summed E-state index contributed by atoms with van der Waals surface area (Å²) < 4.78 is 10.1. The third kappa shape index (κ3) is 6.10. The zero-order chi connectivity index (χ0) is 17.7. The first-order chi connectivity index (χ1) is 10.5. The quantitative estimate of drug-likeness (QED) is 0.666. The van der Waals surface area contributed by atoms with E-state index in [9.17, 15) is 14.4 Å². The first kappa shape index (κ1) is 18.7. The van der Waals surface area contributed by atoms with Gasteiger partial charge in [-0.25, -0.2) is 4.79 Å². The Hall–Kier alpha value is -2.37. The fourth-order valence-corrected chi connectivity index (χ4v) is 1.84. The van der Waals surface area contributed by atoms with Crippen LogP contribution in [0.15, 0.2) is 30.3 Å². The van der Waals surface area contributed by atoms with E-state index in [0.717, 1.165) is 0 Å². The fraction of sp³-hybridized carbons (Fsp3) is 0.471. The number of carbonyl (C=O) groups is 3. The number of benzene rings is 1. The van der Waals surface area contributed by atoms with Crippen LogP contribution in [-0.2, 0) is 14.3 Å². The molecular formula is C17H23NO5. The lowest BCUT2D eigenvalue weighted by Crippen LogP contribution is -2.56. The summed E-state index contributed by atoms with van der Waals surface area (Å²) in [7, 11) is 0. The molecule has 6 nitrogen and oxygen atoms in total. The van der Waals surface area contributed by atoms with Crippen molar-refractivity contribution in [3.63, 3.8) is 0 Å². The van der Waals surface area contributed by atoms with E-state index in [2.05, 4.69) is 5.32 Å². The number of Topliss-reactive ketones (excluding diaryl/α,β-unsaturated/α-hetero) is 1. The second-order valence-electron chi connectivity index (χ2n) is 6.43. The molecule has 0 radical (unpaired) electrons. The molecule has 126 valence electrons. The smallest absolute Gasteiger partial charge is 0.408 e. The highest BCUT2D eigenvalue weighted by Gasteiger charge is 2.38. The molecule has 0 aliphatic rings. The highest BCUT2D eigenvalue weighted by molar-refractivity contribution is 6.04. The number of nitrogens with one attached hydrogen (secondary N) is 1. The Kier molecular flexibility index (Phi) is 5.90. The van der Waals surface area contributed by atoms with E-state index in [1.54, 1.807) is 51.1 Å². The molecule has 0 fully saturated rings. The van der Waals surface area contributed by atoms with E-state index < -0.39 is 23.2 Å². The number of hydrogen-bond donors (Lipinski definition) is 1. The average molecular weight is 321 g/mol. The van der Waals surface area contributed by atoms with Gasteiger partial charge in [0, 0.05) is 12.5 Å². The summed E-state index contributed by atoms with van der Waals surface area (Å²) >= 11 is 0. The van der Waals surface area contributed by atoms with Crippen LogP contribution in [0.4, 0.5) is 4.79 Å². The van der Waals surface area contributed by atoms with Gasteiger partial charge >= 0.3 is 12.1 Å². The van der Waals surface area contributed by atoms with Crippen LogP contribution in [0.1, 0.15) is 45.0 Å². The molecule has 0 aromatic heterocycles. The van der Waals surface area contributed by atoms with E-state index in [-0.39, 0.29) is 12.4 Å². The summed E-state index contributed by atoms with van der Waals surface area (Å²) in [5.74, 6) is -0.909. The van der Waals surface area contributed by atoms with Crippen molar-refractivity contribution in [2.75, 3.05) is 6.61 Å². The van der Waals surface area contributed by atoms with Crippen molar-refractivity contribution in [2.45, 2.75) is 45.8 Å². The number of carbonyl (C=O) groups excluding carboxylic acids is 3. The summed E-state index contributed by atoms with van der Waals surface area (Å²) in [6, 6.07) is 8.47. The standard InChI is InChI=1S/C17H23NO5/c1-12(19)22-11-17(5,18-15(21)23-16(2,3)4)14(20)13-9-7-6-8-10-13/h6-10H,11H2,1-5H3,(H,18,21). The minimum absolute atomic E-state index is 0.282. The number of hydrogen-bond acceptors (Lipinski definition) is 5. The van der Waals surface area contributed by atoms with Crippen molar-refractivity contribution in [2.24, 2.45) is 0 Å². The summed E-state index contributed by atoms with van der Waals surface area (Å²) in [4.78, 5) is 35.8. The minimum Gasteiger partial charge on any atom is -0.463 e. The van der Waals surface area contributed by atoms with Crippen LogP contribution in [0, 0.1) is 0 Å². The van der Waals surface area contributed by atoms with Gasteiger partial charge < -0.3 is 14.8 Å². The number of rotatable bonds is 5. The molecule has 1 aromatic rings. The predicted molar refractivity (Wildman–Crippen MR) is 85.2 cm³/mol. The van der Waals surface area contributed by atoms with Crippen LogP contribution in [0.2, 0.25) is 0 Å². The van der Waals surface area contributed by atoms with Gasteiger partial charge in [-0.15, -0.1) is 0 Å². The Bertz CT molecular complexity index is 576. The van der Waals surface area contributed by atoms with Crippen LogP contribution in [0.25, 0.3) is 0 Å². The zero-order valence-electron chi connectivity index (χ0n) is 14.1. The van der Waals surface area contributed by atoms with Gasteiger partial charge in [-0.05, 0) is 27.7 Å². The molecule has 1 atom stereocenters. The van der Waals surface area contributed by atoms with Gasteiger partial charge in [-0.2, -0.15) is 0 Å². The van der Waals surface area contributed by atoms with Crippen molar-refractivity contribution in [1.82, 2.24) is 5.32 Å². The Labute approximate surface area is 136 Å². The largest absolute Gasteiger partial charge is 0.463 e. The van der Waals surface area contributed by atoms with Gasteiger partial charge in [-0.3, -0.25) is 9.59 Å². The number of ether oxygens (including phenoxy) is 2. The molecule has 0 saturated heterocycles. The van der Waals surface area contributed by atoms with Crippen LogP contribution in [0.5, 0.6) is 0 Å². The molecule has 0 aliphatic carbocycles. The van der Waals surface area contributed by atoms with Gasteiger partial charge in [0.05, 0.1) is 0 Å². The Balaban J connectivity index is 3.00. The summed E-state index contributed by atoms with van der Waals surface area (Å²) in [6.07, 6.45) is -0.753. The van der Waals surface area contributed by atoms with E-state index in [0.29, 0.717) is 5.56 Å². The van der Waals surface area contributed by atoms with E-state index >= 15 is 0 Å². The molecule has 1 rings (SSSR count). The van der Waals surface area contributed by atoms with Gasteiger partial charge in [0.15, 0.2) is 5.78 Å². The zero-order valence-corrected chi connectivity index (χ0v) is 14.1. The maximum Gasteiger partial charge on any atom is 0.408 e. The lowest BCUT2D eigenvalue weighted by Gasteiger charge is -2.30. The molecule has 1 amide bonds. The molecule has 1 unspecified atom stereocenters. The first-order valence-corrected chi connectivity index (χ1v) is 7.28. The highest BCUT2D eigenvalue weighted by atomic mass is 16.6. The lowest BCUT2D eigenvalue weighted by atomic mass is 9.92. The van der Waals surface area contributed by atoms with Gasteiger partial charge in [-0.1, -0.05) is 30.3 Å². The minimum atomic E-state index is -1.42. The predicted octanol–water partition coefficient (Wildman–Crippen LogP) is 2.72. The third-order valence-corrected chi connectivity index (χ3v) is 2.88. The van der Waals surface area contributed by atoms with E-state index in [4.69, 9.17) is 9.47 Å². The molecule has 1 N–H and O–H groups in total. The topological polar surface area (TPSA) is 81.7 Å². The Morgan fingerprint density at radius 2 is 1.61 bits per heavy atom. The summed E-state index contributed by atoms with van der Waals surface area (Å²) in [6.45, 7) is 7.60. The number of ketones is 1. The fourth-order valence-electron chi connectivity index (χ4n) is 1.84. The summed E-state index contributed by atoms with van der Waals surface area (Å²) in [5, 5.41) is 2.52. The molecule has 6 heteroatoms. The first-order valence-electron chi connectivity index (χ1n) is 7.28. The monoisotopic (exact) mass is 321 g/mol. The molecule has 0 aliphatic heterocycles. The van der Waals surface area contributed by atoms with Crippen LogP contribution < -0.4 is 5.32 Å². The maximum atomic E-state index is 12.7. The molecule has 0 spiro atoms. The SMILES string of the molecule is CC(=O)OCC(C)(NC(=O)OC(C)(C)C)C(=O)c1ccccc1. The molecule has 0 bridgehead atoms. The second kappa shape index (κ2) is 7.26. The van der Waals surface area contributed by atoms with Crippen molar-refractivity contribution in [1.29, 1.82) is 0 Å². The Morgan fingerprint density at radius 1 is 1.04 bits per heavy atom. The number of alkyl carbamates (subject to hydrolysis) is 1. The second-order valence-corrected chi connectivity index (χ2v) is 6.43. The Morgan fingerprint density at radius 3 is 2.09 bits per heavy atom. The molecule has 23 heavy (non-hydrogen) atoms. The number of amides is 1. The molecule has 1 aromatic carbocycles. The van der Waals surface area contributed by atoms with Crippen LogP contribution in [0.3, 0.4) is 0 Å². The van der Waals surface area contributed by atoms with Crippen molar-refractivity contribution in [3.05, 3.63) is 35.9 Å². The molecule has 0 heterocycles. The van der Waals surface area contributed by atoms with Crippen molar-refractivity contribution >= 4 is 17.8 Å². The van der Waals surface area contributed by atoms with Crippen molar-refractivity contribution in [3.8, 4) is 0 Å². The molecule has 0 saturated carbocycles. The highest BCUT2D eigenvalue weighted by Crippen LogP contribution is 2.16. The normalized spacial score (nSPS) is 13.6. The number of esters is 1. The van der Waals surface area contributed by atoms with Crippen molar-refractivity contribution < 1.29 is 23.9 Å². The average Bonchev–Trinajstić information content (AvgIpc) is 2.43. The van der Waals surface area contributed by atoms with Crippen LogP contribution >= 0.6 is 0 Å². The maximum absolute atomic E-state index is 12.7. The van der Waals surface area contributed by atoms with Gasteiger partial charge in [0.1, 0.15) is 17.7 Å². The summed E-state index contributed by atoms with van der Waals surface area (Å²) in [5.41, 5.74) is -1.73. The lowest BCUT2D eigenvalue weighted by molar-refractivity contribution is -0.142. The van der Waals surface area contributed by atoms with E-state index in [1.165, 1.54) is 13.8 Å². The molecular weight excluding hydrogens is 298 g/mol. The van der Waals surface area contributed by atoms with E-state index in [1.807, 2.05) is 0 Å². The van der Waals surface area contributed by atoms with Crippen LogP contribution in [-0.4, -0.2) is 35.6 Å². The van der Waals surface area contributed by atoms with Gasteiger partial charge in [0.25, 0.3) is 0 Å². The third-order valence-electron chi connectivity index (χ3n) is 2.88. The van der Waals surface area contributed by atoms with Gasteiger partial charge in [0.2, 0.25) is 0 Å².